The summed E-state index contributed by atoms with van der Waals surface area (Å²) >= 11 is 5.78. The summed E-state index contributed by atoms with van der Waals surface area (Å²) in [4.78, 5) is 12.2. The van der Waals surface area contributed by atoms with Crippen molar-refractivity contribution >= 4 is 17.4 Å². The molecule has 0 aliphatic heterocycles. The number of halogens is 2. The standard InChI is InChI=1S/C17H13ClFNO/c18-15-7-5-13(6-8-15)17(21)14(11-20)4-1-12-2-9-16(19)10-3-12/h2-3,5-10,14H,1,4H2. The van der Waals surface area contributed by atoms with Gasteiger partial charge in [0.2, 0.25) is 0 Å². The fourth-order valence-corrected chi connectivity index (χ4v) is 2.16. The second-order valence-corrected chi connectivity index (χ2v) is 5.15. The fraction of sp³-hybridized carbons (Fsp3) is 0.176. The van der Waals surface area contributed by atoms with Crippen LogP contribution >= 0.6 is 11.6 Å². The van der Waals surface area contributed by atoms with E-state index in [-0.39, 0.29) is 11.6 Å². The molecule has 0 radical (unpaired) electrons. The van der Waals surface area contributed by atoms with Crippen LogP contribution in [0.2, 0.25) is 5.02 Å². The number of hydrogen-bond acceptors (Lipinski definition) is 2. The van der Waals surface area contributed by atoms with E-state index in [9.17, 15) is 14.4 Å². The van der Waals surface area contributed by atoms with Crippen molar-refractivity contribution in [1.82, 2.24) is 0 Å². The third-order valence-corrected chi connectivity index (χ3v) is 3.49. The number of nitriles is 1. The summed E-state index contributed by atoms with van der Waals surface area (Å²) < 4.78 is 12.8. The number of hydrogen-bond donors (Lipinski definition) is 0. The zero-order valence-electron chi connectivity index (χ0n) is 11.2. The second-order valence-electron chi connectivity index (χ2n) is 4.72. The molecule has 1 atom stereocenters. The van der Waals surface area contributed by atoms with Crippen molar-refractivity contribution < 1.29 is 9.18 Å². The maximum atomic E-state index is 12.8. The van der Waals surface area contributed by atoms with Gasteiger partial charge in [0.1, 0.15) is 11.7 Å². The van der Waals surface area contributed by atoms with Crippen LogP contribution in [-0.4, -0.2) is 5.78 Å². The number of benzene rings is 2. The van der Waals surface area contributed by atoms with Crippen molar-refractivity contribution in [2.75, 3.05) is 0 Å². The monoisotopic (exact) mass is 301 g/mol. The van der Waals surface area contributed by atoms with Gasteiger partial charge < -0.3 is 0 Å². The van der Waals surface area contributed by atoms with Gasteiger partial charge in [-0.25, -0.2) is 4.39 Å². The molecule has 2 rings (SSSR count). The predicted octanol–water partition coefficient (Wildman–Crippen LogP) is 4.43. The molecule has 0 N–H and O–H groups in total. The predicted molar refractivity (Wildman–Crippen MR) is 79.6 cm³/mol. The Morgan fingerprint density at radius 3 is 2.33 bits per heavy atom. The fourth-order valence-electron chi connectivity index (χ4n) is 2.03. The van der Waals surface area contributed by atoms with Gasteiger partial charge in [-0.1, -0.05) is 23.7 Å². The quantitative estimate of drug-likeness (QED) is 0.766. The van der Waals surface area contributed by atoms with Gasteiger partial charge in [-0.15, -0.1) is 0 Å². The maximum absolute atomic E-state index is 12.8. The van der Waals surface area contributed by atoms with E-state index in [4.69, 9.17) is 11.6 Å². The summed E-state index contributed by atoms with van der Waals surface area (Å²) in [6.45, 7) is 0. The lowest BCUT2D eigenvalue weighted by atomic mass is 9.93. The Morgan fingerprint density at radius 1 is 1.14 bits per heavy atom. The minimum Gasteiger partial charge on any atom is -0.293 e. The van der Waals surface area contributed by atoms with E-state index < -0.39 is 5.92 Å². The van der Waals surface area contributed by atoms with Crippen LogP contribution in [0.4, 0.5) is 4.39 Å². The van der Waals surface area contributed by atoms with E-state index >= 15 is 0 Å². The Kier molecular flexibility index (Phi) is 5.08. The number of nitrogens with zero attached hydrogens (tertiary/aromatic N) is 1. The average molecular weight is 302 g/mol. The van der Waals surface area contributed by atoms with Crippen LogP contribution in [0.1, 0.15) is 22.3 Å². The Balaban J connectivity index is 2.02. The third kappa shape index (κ3) is 4.14. The van der Waals surface area contributed by atoms with Gasteiger partial charge in [-0.05, 0) is 54.8 Å². The highest BCUT2D eigenvalue weighted by Gasteiger charge is 2.19. The van der Waals surface area contributed by atoms with E-state index in [2.05, 4.69) is 0 Å². The van der Waals surface area contributed by atoms with Crippen LogP contribution in [0, 0.1) is 23.1 Å². The van der Waals surface area contributed by atoms with Gasteiger partial charge in [-0.3, -0.25) is 4.79 Å². The zero-order chi connectivity index (χ0) is 15.2. The van der Waals surface area contributed by atoms with Crippen LogP contribution in [0.5, 0.6) is 0 Å². The molecule has 2 aromatic rings. The first kappa shape index (κ1) is 15.2. The number of Topliss-reactive ketones (excluding diaryl/α,β-unsaturated/α-hetero) is 1. The molecule has 1 unspecified atom stereocenters. The first-order valence-electron chi connectivity index (χ1n) is 6.54. The molecule has 0 amide bonds. The summed E-state index contributed by atoms with van der Waals surface area (Å²) in [6, 6.07) is 14.6. The molecule has 0 aromatic heterocycles. The van der Waals surface area contributed by atoms with E-state index in [1.54, 1.807) is 36.4 Å². The molecule has 0 saturated heterocycles. The zero-order valence-corrected chi connectivity index (χ0v) is 12.0. The molecule has 106 valence electrons. The van der Waals surface area contributed by atoms with Gasteiger partial charge in [-0.2, -0.15) is 5.26 Å². The second kappa shape index (κ2) is 7.01. The van der Waals surface area contributed by atoms with E-state index in [1.807, 2.05) is 6.07 Å². The van der Waals surface area contributed by atoms with E-state index in [0.717, 1.165) is 5.56 Å². The van der Waals surface area contributed by atoms with Crippen molar-refractivity contribution in [1.29, 1.82) is 5.26 Å². The first-order valence-corrected chi connectivity index (χ1v) is 6.92. The van der Waals surface area contributed by atoms with Crippen LogP contribution in [0.25, 0.3) is 0 Å². The summed E-state index contributed by atoms with van der Waals surface area (Å²) in [5.41, 5.74) is 1.38. The van der Waals surface area contributed by atoms with Gasteiger partial charge >= 0.3 is 0 Å². The number of carbonyl (C=O) groups is 1. The maximum Gasteiger partial charge on any atom is 0.179 e. The topological polar surface area (TPSA) is 40.9 Å². The van der Waals surface area contributed by atoms with Gasteiger partial charge in [0.25, 0.3) is 0 Å². The Morgan fingerprint density at radius 2 is 1.76 bits per heavy atom. The summed E-state index contributed by atoms with van der Waals surface area (Å²) in [5.74, 6) is -1.22. The first-order chi connectivity index (χ1) is 10.1. The van der Waals surface area contributed by atoms with Crippen LogP contribution < -0.4 is 0 Å². The molecule has 0 saturated carbocycles. The lowest BCUT2D eigenvalue weighted by Crippen LogP contribution is -2.14. The molecule has 0 bridgehead atoms. The van der Waals surface area contributed by atoms with E-state index in [1.165, 1.54) is 12.1 Å². The lowest BCUT2D eigenvalue weighted by Gasteiger charge is -2.08. The highest BCUT2D eigenvalue weighted by molar-refractivity contribution is 6.30. The molecule has 0 spiro atoms. The molecule has 4 heteroatoms. The van der Waals surface area contributed by atoms with E-state index in [0.29, 0.717) is 23.4 Å². The van der Waals surface area contributed by atoms with Crippen molar-refractivity contribution in [3.05, 3.63) is 70.5 Å². The average Bonchev–Trinajstić information content (AvgIpc) is 2.50. The summed E-state index contributed by atoms with van der Waals surface area (Å²) in [5, 5.41) is 9.73. The van der Waals surface area contributed by atoms with Gasteiger partial charge in [0.05, 0.1) is 6.07 Å². The normalized spacial score (nSPS) is 11.7. The largest absolute Gasteiger partial charge is 0.293 e. The van der Waals surface area contributed by atoms with Crippen LogP contribution in [0.3, 0.4) is 0 Å². The molecule has 0 heterocycles. The number of rotatable bonds is 5. The van der Waals surface area contributed by atoms with Crippen molar-refractivity contribution in [2.45, 2.75) is 12.8 Å². The van der Waals surface area contributed by atoms with Crippen LogP contribution in [0.15, 0.2) is 48.5 Å². The Hall–Kier alpha value is -2.18. The lowest BCUT2D eigenvalue weighted by molar-refractivity contribution is 0.0944. The summed E-state index contributed by atoms with van der Waals surface area (Å²) in [7, 11) is 0. The number of ketones is 1. The smallest absolute Gasteiger partial charge is 0.179 e. The molecule has 0 aliphatic carbocycles. The van der Waals surface area contributed by atoms with Crippen molar-refractivity contribution in [3.8, 4) is 6.07 Å². The van der Waals surface area contributed by atoms with Gasteiger partial charge in [0, 0.05) is 10.6 Å². The number of carbonyl (C=O) groups excluding carboxylic acids is 1. The molecule has 21 heavy (non-hydrogen) atoms. The van der Waals surface area contributed by atoms with Gasteiger partial charge in [0.15, 0.2) is 5.78 Å². The highest BCUT2D eigenvalue weighted by Crippen LogP contribution is 2.17. The molecule has 0 fully saturated rings. The van der Waals surface area contributed by atoms with Crippen molar-refractivity contribution in [2.24, 2.45) is 5.92 Å². The molecule has 0 aliphatic rings. The minimum atomic E-state index is -0.712. The molecular formula is C17H13ClFNO. The highest BCUT2D eigenvalue weighted by atomic mass is 35.5. The third-order valence-electron chi connectivity index (χ3n) is 3.24. The number of aryl methyl sites for hydroxylation is 1. The van der Waals surface area contributed by atoms with Crippen LogP contribution in [-0.2, 0) is 6.42 Å². The molecular weight excluding hydrogens is 289 g/mol. The SMILES string of the molecule is N#CC(CCc1ccc(F)cc1)C(=O)c1ccc(Cl)cc1. The molecule has 2 aromatic carbocycles. The Labute approximate surface area is 127 Å². The minimum absolute atomic E-state index is 0.212. The molecule has 2 nitrogen and oxygen atoms in total. The van der Waals surface area contributed by atoms with Crippen molar-refractivity contribution in [3.63, 3.8) is 0 Å². The Bertz CT molecular complexity index is 659. The summed E-state index contributed by atoms with van der Waals surface area (Å²) in [6.07, 6.45) is 0.960.